The lowest BCUT2D eigenvalue weighted by atomic mass is 10.0. The smallest absolute Gasteiger partial charge is 0.336 e. The lowest BCUT2D eigenvalue weighted by Crippen LogP contribution is -2.32. The normalized spacial score (nSPS) is 13.6. The largest absolute Gasteiger partial charge is 0.471 e. The topological polar surface area (TPSA) is 42.7 Å². The van der Waals surface area contributed by atoms with E-state index in [0.29, 0.717) is 29.6 Å². The Balaban J connectivity index is 1.87. The molecular formula is C20H17BrClNO3. The van der Waals surface area contributed by atoms with Crippen molar-refractivity contribution in [1.29, 1.82) is 0 Å². The summed E-state index contributed by atoms with van der Waals surface area (Å²) in [5, 5.41) is 1.43. The Morgan fingerprint density at radius 3 is 2.88 bits per heavy atom. The van der Waals surface area contributed by atoms with Gasteiger partial charge in [-0.25, -0.2) is 4.79 Å². The maximum atomic E-state index is 12.1. The minimum absolute atomic E-state index is 0.343. The lowest BCUT2D eigenvalue weighted by Gasteiger charge is -2.31. The molecule has 0 aliphatic carbocycles. The zero-order valence-corrected chi connectivity index (χ0v) is 16.6. The van der Waals surface area contributed by atoms with E-state index < -0.39 is 0 Å². The van der Waals surface area contributed by atoms with Crippen molar-refractivity contribution in [2.75, 3.05) is 11.6 Å². The molecule has 0 spiro atoms. The number of hydrogen-bond donors (Lipinski definition) is 0. The number of halogens is 2. The van der Waals surface area contributed by atoms with Crippen LogP contribution < -0.4 is 15.3 Å². The molecular weight excluding hydrogens is 418 g/mol. The molecule has 0 saturated carbocycles. The first kappa shape index (κ1) is 17.4. The number of ether oxygens (including phenoxy) is 1. The number of nitrogens with zero attached hydrogens (tertiary/aromatic N) is 1. The van der Waals surface area contributed by atoms with E-state index in [1.807, 2.05) is 30.3 Å². The molecule has 0 atom stereocenters. The fraction of sp³-hybridized carbons (Fsp3) is 0.250. The van der Waals surface area contributed by atoms with Crippen molar-refractivity contribution in [1.82, 2.24) is 0 Å². The van der Waals surface area contributed by atoms with Gasteiger partial charge in [-0.05, 0) is 36.2 Å². The second-order valence-corrected chi connectivity index (χ2v) is 7.66. The van der Waals surface area contributed by atoms with E-state index in [1.54, 1.807) is 6.07 Å². The van der Waals surface area contributed by atoms with Gasteiger partial charge in [-0.15, -0.1) is 0 Å². The van der Waals surface area contributed by atoms with Gasteiger partial charge in [0.25, 0.3) is 0 Å². The first-order valence-electron chi connectivity index (χ1n) is 8.48. The van der Waals surface area contributed by atoms with Crippen LogP contribution in [0.3, 0.4) is 0 Å². The van der Waals surface area contributed by atoms with Crippen molar-refractivity contribution >= 4 is 44.2 Å². The van der Waals surface area contributed by atoms with Gasteiger partial charge in [0.1, 0.15) is 11.3 Å². The van der Waals surface area contributed by atoms with E-state index in [-0.39, 0.29) is 5.63 Å². The molecule has 1 aliphatic rings. The van der Waals surface area contributed by atoms with Crippen LogP contribution in [0.25, 0.3) is 11.0 Å². The Morgan fingerprint density at radius 1 is 1.27 bits per heavy atom. The molecule has 6 heteroatoms. The molecule has 2 heterocycles. The second-order valence-electron chi connectivity index (χ2n) is 6.33. The zero-order valence-electron chi connectivity index (χ0n) is 14.2. The molecule has 0 amide bonds. The summed E-state index contributed by atoms with van der Waals surface area (Å²) in [6, 6.07) is 11.4. The molecule has 0 saturated heterocycles. The number of anilines is 1. The number of aryl methyl sites for hydroxylation is 1. The molecule has 2 aromatic carbocycles. The van der Waals surface area contributed by atoms with Gasteiger partial charge in [-0.2, -0.15) is 0 Å². The Labute approximate surface area is 164 Å². The van der Waals surface area contributed by atoms with Gasteiger partial charge in [0.2, 0.25) is 0 Å². The first-order valence-corrected chi connectivity index (χ1v) is 9.65. The van der Waals surface area contributed by atoms with E-state index in [0.717, 1.165) is 39.5 Å². The van der Waals surface area contributed by atoms with Crippen molar-refractivity contribution in [2.45, 2.75) is 26.3 Å². The third-order valence-electron chi connectivity index (χ3n) is 4.53. The molecule has 0 fully saturated rings. The molecule has 0 N–H and O–H groups in total. The van der Waals surface area contributed by atoms with Gasteiger partial charge in [-0.1, -0.05) is 46.9 Å². The van der Waals surface area contributed by atoms with E-state index in [1.165, 1.54) is 0 Å². The molecule has 0 bridgehead atoms. The summed E-state index contributed by atoms with van der Waals surface area (Å²) in [5.74, 6) is 0.599. The average molecular weight is 435 g/mol. The van der Waals surface area contributed by atoms with Crippen LogP contribution in [0.2, 0.25) is 5.02 Å². The molecule has 26 heavy (non-hydrogen) atoms. The van der Waals surface area contributed by atoms with Gasteiger partial charge in [-0.3, -0.25) is 0 Å². The Hall–Kier alpha value is -1.98. The van der Waals surface area contributed by atoms with Gasteiger partial charge in [0.05, 0.1) is 17.1 Å². The van der Waals surface area contributed by atoms with Crippen LogP contribution in [0, 0.1) is 0 Å². The number of hydrogen-bond acceptors (Lipinski definition) is 4. The fourth-order valence-corrected chi connectivity index (χ4v) is 4.03. The van der Waals surface area contributed by atoms with Crippen molar-refractivity contribution in [2.24, 2.45) is 0 Å². The summed E-state index contributed by atoms with van der Waals surface area (Å²) in [4.78, 5) is 14.2. The van der Waals surface area contributed by atoms with Crippen molar-refractivity contribution in [3.05, 3.63) is 67.4 Å². The molecule has 134 valence electrons. The monoisotopic (exact) mass is 433 g/mol. The van der Waals surface area contributed by atoms with Crippen LogP contribution in [0.5, 0.6) is 5.75 Å². The lowest BCUT2D eigenvalue weighted by molar-refractivity contribution is 0.289. The second kappa shape index (κ2) is 6.97. The minimum atomic E-state index is -0.343. The Bertz CT molecular complexity index is 1050. The van der Waals surface area contributed by atoms with Crippen molar-refractivity contribution < 1.29 is 9.15 Å². The standard InChI is InChI=1S/C20H17BrClNO3/c1-2-4-12-7-18(24)26-19-15(12)9-17(22)20-16(19)10-23(11-25-20)14-6-3-5-13(21)8-14/h3,5-9H,2,4,10-11H2,1H3. The van der Waals surface area contributed by atoms with Gasteiger partial charge < -0.3 is 14.1 Å². The van der Waals surface area contributed by atoms with Crippen LogP contribution in [-0.2, 0) is 13.0 Å². The Morgan fingerprint density at radius 2 is 2.12 bits per heavy atom. The summed E-state index contributed by atoms with van der Waals surface area (Å²) in [5.41, 5.74) is 3.02. The molecule has 3 aromatic rings. The highest BCUT2D eigenvalue weighted by atomic mass is 79.9. The van der Waals surface area contributed by atoms with E-state index >= 15 is 0 Å². The molecule has 0 radical (unpaired) electrons. The molecule has 1 aromatic heterocycles. The summed E-state index contributed by atoms with van der Waals surface area (Å²) in [7, 11) is 0. The molecule has 4 rings (SSSR count). The van der Waals surface area contributed by atoms with Crippen LogP contribution in [0.4, 0.5) is 5.69 Å². The summed E-state index contributed by atoms with van der Waals surface area (Å²) in [6.07, 6.45) is 1.74. The number of fused-ring (bicyclic) bond motifs is 3. The predicted octanol–water partition coefficient (Wildman–Crippen LogP) is 5.52. The SMILES string of the molecule is CCCc1cc(=O)oc2c3c(c(Cl)cc12)OCN(c1cccc(Br)c1)C3. The van der Waals surface area contributed by atoms with Crippen molar-refractivity contribution in [3.63, 3.8) is 0 Å². The van der Waals surface area contributed by atoms with Crippen LogP contribution in [0.15, 0.2) is 50.1 Å². The third-order valence-corrected chi connectivity index (χ3v) is 5.30. The predicted molar refractivity (Wildman–Crippen MR) is 107 cm³/mol. The van der Waals surface area contributed by atoms with E-state index in [4.69, 9.17) is 20.8 Å². The van der Waals surface area contributed by atoms with Crippen LogP contribution >= 0.6 is 27.5 Å². The van der Waals surface area contributed by atoms with Crippen LogP contribution in [-0.4, -0.2) is 6.73 Å². The van der Waals surface area contributed by atoms with Crippen molar-refractivity contribution in [3.8, 4) is 5.75 Å². The third kappa shape index (κ3) is 3.10. The summed E-state index contributed by atoms with van der Waals surface area (Å²) >= 11 is 9.98. The zero-order chi connectivity index (χ0) is 18.3. The highest BCUT2D eigenvalue weighted by Gasteiger charge is 2.25. The first-order chi connectivity index (χ1) is 12.6. The summed E-state index contributed by atoms with van der Waals surface area (Å²) < 4.78 is 12.5. The van der Waals surface area contributed by atoms with E-state index in [9.17, 15) is 4.79 Å². The highest BCUT2D eigenvalue weighted by Crippen LogP contribution is 2.40. The number of benzene rings is 2. The average Bonchev–Trinajstić information content (AvgIpc) is 2.63. The Kier molecular flexibility index (Phi) is 4.67. The minimum Gasteiger partial charge on any atom is -0.471 e. The number of rotatable bonds is 3. The van der Waals surface area contributed by atoms with Gasteiger partial charge in [0, 0.05) is 21.6 Å². The highest BCUT2D eigenvalue weighted by molar-refractivity contribution is 9.10. The van der Waals surface area contributed by atoms with Gasteiger partial charge in [0.15, 0.2) is 6.73 Å². The van der Waals surface area contributed by atoms with Gasteiger partial charge >= 0.3 is 5.63 Å². The fourth-order valence-electron chi connectivity index (χ4n) is 3.37. The van der Waals surface area contributed by atoms with E-state index in [2.05, 4.69) is 27.8 Å². The maximum absolute atomic E-state index is 12.1. The quantitative estimate of drug-likeness (QED) is 0.509. The maximum Gasteiger partial charge on any atom is 0.336 e. The molecule has 4 nitrogen and oxygen atoms in total. The molecule has 0 unspecified atom stereocenters. The van der Waals surface area contributed by atoms with Crippen LogP contribution in [0.1, 0.15) is 24.5 Å². The molecule has 1 aliphatic heterocycles. The summed E-state index contributed by atoms with van der Waals surface area (Å²) in [6.45, 7) is 3.02.